The molecule has 0 aliphatic heterocycles. The Labute approximate surface area is 119 Å². The predicted octanol–water partition coefficient (Wildman–Crippen LogP) is 2.70. The minimum atomic E-state index is -4.06. The van der Waals surface area contributed by atoms with Crippen molar-refractivity contribution >= 4 is 5.96 Å². The largest absolute Gasteiger partial charge is 0.389 e. The number of aliphatic imine (C=N–C) groups is 1. The van der Waals surface area contributed by atoms with Gasteiger partial charge in [-0.05, 0) is 33.1 Å². The van der Waals surface area contributed by atoms with Gasteiger partial charge in [-0.25, -0.2) is 0 Å². The second-order valence-corrected chi connectivity index (χ2v) is 4.31. The number of halogens is 3. The molecule has 20 heavy (non-hydrogen) atoms. The first-order chi connectivity index (χ1) is 9.49. The highest BCUT2D eigenvalue weighted by molar-refractivity contribution is 5.79. The fourth-order valence-electron chi connectivity index (χ4n) is 1.50. The molecule has 0 amide bonds. The van der Waals surface area contributed by atoms with E-state index in [9.17, 15) is 13.2 Å². The summed E-state index contributed by atoms with van der Waals surface area (Å²) in [6.45, 7) is 7.11. The van der Waals surface area contributed by atoms with Crippen LogP contribution in [0.2, 0.25) is 0 Å². The molecule has 0 spiro atoms. The maximum atomic E-state index is 12.0. The molecule has 0 heterocycles. The smallest absolute Gasteiger partial charge is 0.382 e. The van der Waals surface area contributed by atoms with Gasteiger partial charge >= 0.3 is 6.18 Å². The van der Waals surface area contributed by atoms with Crippen molar-refractivity contribution in [2.45, 2.75) is 45.7 Å². The molecule has 0 aliphatic carbocycles. The van der Waals surface area contributed by atoms with Gasteiger partial charge in [0.25, 0.3) is 0 Å². The van der Waals surface area contributed by atoms with Gasteiger partial charge in [0.15, 0.2) is 5.96 Å². The summed E-state index contributed by atoms with van der Waals surface area (Å²) in [6, 6.07) is 0. The summed E-state index contributed by atoms with van der Waals surface area (Å²) in [7, 11) is 0. The maximum Gasteiger partial charge on any atom is 0.389 e. The molecule has 0 bridgehead atoms. The first-order valence-electron chi connectivity index (χ1n) is 7.16. The molecule has 0 saturated carbocycles. The van der Waals surface area contributed by atoms with Crippen molar-refractivity contribution in [3.63, 3.8) is 0 Å². The Balaban J connectivity index is 3.75. The van der Waals surface area contributed by atoms with Crippen molar-refractivity contribution < 1.29 is 17.9 Å². The lowest BCUT2D eigenvalue weighted by Gasteiger charge is -2.11. The van der Waals surface area contributed by atoms with E-state index in [-0.39, 0.29) is 6.42 Å². The average molecular weight is 297 g/mol. The average Bonchev–Trinajstić information content (AvgIpc) is 2.36. The van der Waals surface area contributed by atoms with Crippen LogP contribution in [0.4, 0.5) is 13.2 Å². The zero-order chi connectivity index (χ0) is 15.3. The van der Waals surface area contributed by atoms with Crippen LogP contribution >= 0.6 is 0 Å². The molecule has 4 nitrogen and oxygen atoms in total. The van der Waals surface area contributed by atoms with E-state index >= 15 is 0 Å². The Morgan fingerprint density at radius 3 is 2.45 bits per heavy atom. The molecule has 0 rings (SSSR count). The van der Waals surface area contributed by atoms with Gasteiger partial charge in [-0.3, -0.25) is 4.99 Å². The SMILES string of the molecule is CCNC(=NCCCOCC)NCCCCC(F)(F)F. The maximum absolute atomic E-state index is 12.0. The first-order valence-corrected chi connectivity index (χ1v) is 7.16. The van der Waals surface area contributed by atoms with Gasteiger partial charge in [0.2, 0.25) is 0 Å². The quantitative estimate of drug-likeness (QED) is 0.370. The molecule has 0 aromatic rings. The van der Waals surface area contributed by atoms with E-state index in [1.807, 2.05) is 13.8 Å². The Morgan fingerprint density at radius 2 is 1.85 bits per heavy atom. The number of hydrogen-bond donors (Lipinski definition) is 2. The molecule has 0 fully saturated rings. The molecule has 0 aromatic heterocycles. The van der Waals surface area contributed by atoms with Crippen LogP contribution in [-0.4, -0.2) is 45.0 Å². The summed E-state index contributed by atoms with van der Waals surface area (Å²) in [5, 5.41) is 6.09. The fourth-order valence-corrected chi connectivity index (χ4v) is 1.50. The van der Waals surface area contributed by atoms with Crippen LogP contribution in [0.15, 0.2) is 4.99 Å². The van der Waals surface area contributed by atoms with Crippen molar-refractivity contribution in [1.29, 1.82) is 0 Å². The van der Waals surface area contributed by atoms with Crippen LogP contribution in [0.25, 0.3) is 0 Å². The van der Waals surface area contributed by atoms with Crippen molar-refractivity contribution in [2.75, 3.05) is 32.8 Å². The normalized spacial score (nSPS) is 12.6. The van der Waals surface area contributed by atoms with Crippen LogP contribution in [0.5, 0.6) is 0 Å². The van der Waals surface area contributed by atoms with Gasteiger partial charge in [0, 0.05) is 39.3 Å². The van der Waals surface area contributed by atoms with E-state index in [2.05, 4.69) is 15.6 Å². The summed E-state index contributed by atoms with van der Waals surface area (Å²) >= 11 is 0. The summed E-state index contributed by atoms with van der Waals surface area (Å²) in [6.07, 6.45) is -3.34. The van der Waals surface area contributed by atoms with Crippen LogP contribution in [0.1, 0.15) is 39.5 Å². The van der Waals surface area contributed by atoms with E-state index in [1.54, 1.807) is 0 Å². The van der Waals surface area contributed by atoms with E-state index in [1.165, 1.54) is 0 Å². The first kappa shape index (κ1) is 19.0. The van der Waals surface area contributed by atoms with Crippen molar-refractivity contribution in [2.24, 2.45) is 4.99 Å². The number of alkyl halides is 3. The van der Waals surface area contributed by atoms with Gasteiger partial charge < -0.3 is 15.4 Å². The molecule has 0 radical (unpaired) electrons. The zero-order valence-corrected chi connectivity index (χ0v) is 12.4. The second kappa shape index (κ2) is 11.8. The number of rotatable bonds is 10. The number of unbranched alkanes of at least 4 members (excludes halogenated alkanes) is 1. The molecular weight excluding hydrogens is 271 g/mol. The molecular formula is C13H26F3N3O. The lowest BCUT2D eigenvalue weighted by Crippen LogP contribution is -2.38. The number of hydrogen-bond acceptors (Lipinski definition) is 2. The molecule has 2 N–H and O–H groups in total. The van der Waals surface area contributed by atoms with Gasteiger partial charge in [-0.2, -0.15) is 13.2 Å². The minimum Gasteiger partial charge on any atom is -0.382 e. The zero-order valence-electron chi connectivity index (χ0n) is 12.4. The van der Waals surface area contributed by atoms with E-state index < -0.39 is 12.6 Å². The molecule has 0 aromatic carbocycles. The van der Waals surface area contributed by atoms with Crippen LogP contribution in [0, 0.1) is 0 Å². The summed E-state index contributed by atoms with van der Waals surface area (Å²) in [5.74, 6) is 0.649. The number of ether oxygens (including phenoxy) is 1. The Bertz CT molecular complexity index is 258. The Kier molecular flexibility index (Phi) is 11.2. The molecule has 7 heteroatoms. The van der Waals surface area contributed by atoms with Crippen LogP contribution < -0.4 is 10.6 Å². The number of guanidine groups is 1. The highest BCUT2D eigenvalue weighted by Crippen LogP contribution is 2.21. The molecule has 0 aliphatic rings. The fraction of sp³-hybridized carbons (Fsp3) is 0.923. The highest BCUT2D eigenvalue weighted by Gasteiger charge is 2.25. The highest BCUT2D eigenvalue weighted by atomic mass is 19.4. The van der Waals surface area contributed by atoms with Crippen molar-refractivity contribution in [3.8, 4) is 0 Å². The lowest BCUT2D eigenvalue weighted by atomic mass is 10.2. The van der Waals surface area contributed by atoms with Crippen molar-refractivity contribution in [1.82, 2.24) is 10.6 Å². The van der Waals surface area contributed by atoms with E-state index in [4.69, 9.17) is 4.74 Å². The summed E-state index contributed by atoms with van der Waals surface area (Å²) in [4.78, 5) is 4.32. The number of nitrogens with zero attached hydrogens (tertiary/aromatic N) is 1. The lowest BCUT2D eigenvalue weighted by molar-refractivity contribution is -0.135. The molecule has 0 saturated heterocycles. The van der Waals surface area contributed by atoms with E-state index in [0.717, 1.165) is 13.0 Å². The third kappa shape index (κ3) is 13.5. The van der Waals surface area contributed by atoms with Crippen molar-refractivity contribution in [3.05, 3.63) is 0 Å². The predicted molar refractivity (Wildman–Crippen MR) is 75.0 cm³/mol. The van der Waals surface area contributed by atoms with Gasteiger partial charge in [-0.1, -0.05) is 0 Å². The molecule has 120 valence electrons. The third-order valence-corrected chi connectivity index (χ3v) is 2.44. The van der Waals surface area contributed by atoms with Crippen LogP contribution in [-0.2, 0) is 4.74 Å². The molecule has 0 atom stereocenters. The monoisotopic (exact) mass is 297 g/mol. The second-order valence-electron chi connectivity index (χ2n) is 4.31. The third-order valence-electron chi connectivity index (χ3n) is 2.44. The molecule has 0 unspecified atom stereocenters. The van der Waals surface area contributed by atoms with Gasteiger partial charge in [0.1, 0.15) is 0 Å². The standard InChI is InChI=1S/C13H26F3N3O/c1-3-17-12(19-10-7-11-20-4-2)18-9-6-5-8-13(14,15)16/h3-11H2,1-2H3,(H2,17,18,19). The van der Waals surface area contributed by atoms with Crippen LogP contribution in [0.3, 0.4) is 0 Å². The Hall–Kier alpha value is -0.980. The summed E-state index contributed by atoms with van der Waals surface area (Å²) < 4.78 is 41.1. The summed E-state index contributed by atoms with van der Waals surface area (Å²) in [5.41, 5.74) is 0. The van der Waals surface area contributed by atoms with Gasteiger partial charge in [0.05, 0.1) is 0 Å². The Morgan fingerprint density at radius 1 is 1.10 bits per heavy atom. The van der Waals surface area contributed by atoms with Gasteiger partial charge in [-0.15, -0.1) is 0 Å². The topological polar surface area (TPSA) is 45.7 Å². The number of nitrogens with one attached hydrogen (secondary N) is 2. The van der Waals surface area contributed by atoms with E-state index in [0.29, 0.717) is 38.7 Å². The minimum absolute atomic E-state index is 0.139.